The van der Waals surface area contributed by atoms with E-state index in [1.165, 1.54) is 12.8 Å². The van der Waals surface area contributed by atoms with Crippen LogP contribution >= 0.6 is 0 Å². The lowest BCUT2D eigenvalue weighted by atomic mass is 9.95. The van der Waals surface area contributed by atoms with Crippen molar-refractivity contribution in [2.24, 2.45) is 5.92 Å². The third kappa shape index (κ3) is 3.37. The van der Waals surface area contributed by atoms with Gasteiger partial charge in [-0.05, 0) is 38.4 Å². The van der Waals surface area contributed by atoms with Gasteiger partial charge in [0.25, 0.3) is 0 Å². The molecular weight excluding hydrogens is 256 g/mol. The zero-order chi connectivity index (χ0) is 13.8. The molecule has 1 aromatic rings. The van der Waals surface area contributed by atoms with Gasteiger partial charge in [0.1, 0.15) is 6.10 Å². The second-order valence-corrected chi connectivity index (χ2v) is 5.70. The van der Waals surface area contributed by atoms with Crippen LogP contribution in [-0.2, 0) is 11.2 Å². The second-order valence-electron chi connectivity index (χ2n) is 5.70. The van der Waals surface area contributed by atoms with Crippen molar-refractivity contribution >= 4 is 0 Å². The van der Waals surface area contributed by atoms with Gasteiger partial charge in [-0.15, -0.1) is 0 Å². The molecule has 112 valence electrons. The number of ether oxygens (including phenoxy) is 1. The van der Waals surface area contributed by atoms with Gasteiger partial charge in [-0.3, -0.25) is 4.90 Å². The smallest absolute Gasteiger partial charge is 0.227 e. The Balaban J connectivity index is 1.58. The summed E-state index contributed by atoms with van der Waals surface area (Å²) in [6.45, 7) is 8.01. The van der Waals surface area contributed by atoms with E-state index >= 15 is 0 Å². The number of morpholine rings is 1. The molecule has 1 N–H and O–H groups in total. The second kappa shape index (κ2) is 6.65. The van der Waals surface area contributed by atoms with Gasteiger partial charge in [-0.1, -0.05) is 12.1 Å². The lowest BCUT2D eigenvalue weighted by Gasteiger charge is -2.30. The van der Waals surface area contributed by atoms with Crippen LogP contribution in [0.4, 0.5) is 0 Å². The average molecular weight is 280 g/mol. The van der Waals surface area contributed by atoms with E-state index in [9.17, 15) is 0 Å². The van der Waals surface area contributed by atoms with Gasteiger partial charge in [0.2, 0.25) is 11.7 Å². The fourth-order valence-corrected chi connectivity index (χ4v) is 2.96. The summed E-state index contributed by atoms with van der Waals surface area (Å²) < 4.78 is 11.2. The van der Waals surface area contributed by atoms with Crippen LogP contribution in [0, 0.1) is 5.92 Å². The molecule has 20 heavy (non-hydrogen) atoms. The zero-order valence-corrected chi connectivity index (χ0v) is 12.2. The molecule has 3 heterocycles. The Morgan fingerprint density at radius 3 is 3.00 bits per heavy atom. The lowest BCUT2D eigenvalue weighted by Crippen LogP contribution is -2.38. The molecule has 1 atom stereocenters. The molecule has 0 radical (unpaired) electrons. The highest BCUT2D eigenvalue weighted by molar-refractivity contribution is 4.95. The predicted molar refractivity (Wildman–Crippen MR) is 74.4 cm³/mol. The molecule has 6 nitrogen and oxygen atoms in total. The number of hydrogen-bond donors (Lipinski definition) is 1. The minimum Gasteiger partial charge on any atom is -0.367 e. The Morgan fingerprint density at radius 1 is 1.35 bits per heavy atom. The van der Waals surface area contributed by atoms with Crippen molar-refractivity contribution in [3.05, 3.63) is 11.7 Å². The van der Waals surface area contributed by atoms with Crippen LogP contribution in [0.2, 0.25) is 0 Å². The van der Waals surface area contributed by atoms with Gasteiger partial charge in [-0.2, -0.15) is 4.98 Å². The van der Waals surface area contributed by atoms with Crippen LogP contribution in [0.25, 0.3) is 0 Å². The Morgan fingerprint density at radius 2 is 2.20 bits per heavy atom. The van der Waals surface area contributed by atoms with Crippen molar-refractivity contribution < 1.29 is 9.26 Å². The first-order valence-corrected chi connectivity index (χ1v) is 7.72. The van der Waals surface area contributed by atoms with Crippen molar-refractivity contribution in [2.45, 2.75) is 32.3 Å². The van der Waals surface area contributed by atoms with E-state index in [4.69, 9.17) is 9.26 Å². The van der Waals surface area contributed by atoms with E-state index in [2.05, 4.69) is 27.3 Å². The van der Waals surface area contributed by atoms with Crippen molar-refractivity contribution in [1.82, 2.24) is 20.4 Å². The lowest BCUT2D eigenvalue weighted by molar-refractivity contribution is -0.0334. The number of nitrogens with one attached hydrogen (secondary N) is 1. The van der Waals surface area contributed by atoms with E-state index in [1.54, 1.807) is 0 Å². The van der Waals surface area contributed by atoms with E-state index in [0.717, 1.165) is 51.6 Å². The topological polar surface area (TPSA) is 63.4 Å². The summed E-state index contributed by atoms with van der Waals surface area (Å²) in [6.07, 6.45) is 3.26. The van der Waals surface area contributed by atoms with Gasteiger partial charge >= 0.3 is 0 Å². The van der Waals surface area contributed by atoms with Gasteiger partial charge in [0, 0.05) is 19.5 Å². The van der Waals surface area contributed by atoms with Crippen LogP contribution in [-0.4, -0.2) is 54.4 Å². The Hall–Kier alpha value is -0.980. The Kier molecular flexibility index (Phi) is 4.65. The number of piperidine rings is 1. The molecule has 6 heteroatoms. The van der Waals surface area contributed by atoms with Crippen molar-refractivity contribution in [2.75, 3.05) is 39.3 Å². The first kappa shape index (κ1) is 14.0. The number of rotatable bonds is 4. The zero-order valence-electron chi connectivity index (χ0n) is 12.2. The number of nitrogens with zero attached hydrogens (tertiary/aromatic N) is 3. The molecule has 0 spiro atoms. The maximum absolute atomic E-state index is 5.76. The van der Waals surface area contributed by atoms with Crippen LogP contribution in [0.1, 0.15) is 37.6 Å². The molecule has 3 rings (SSSR count). The highest BCUT2D eigenvalue weighted by Crippen LogP contribution is 2.22. The quantitative estimate of drug-likeness (QED) is 0.888. The molecule has 2 saturated heterocycles. The van der Waals surface area contributed by atoms with Gasteiger partial charge in [-0.25, -0.2) is 0 Å². The number of hydrogen-bond acceptors (Lipinski definition) is 6. The molecule has 0 aliphatic carbocycles. The SMILES string of the molecule is CCN1CCOC(c2noc(CC3CCNCC3)n2)C1. The number of aromatic nitrogens is 2. The fourth-order valence-electron chi connectivity index (χ4n) is 2.96. The largest absolute Gasteiger partial charge is 0.367 e. The maximum Gasteiger partial charge on any atom is 0.227 e. The highest BCUT2D eigenvalue weighted by atomic mass is 16.5. The highest BCUT2D eigenvalue weighted by Gasteiger charge is 2.26. The maximum atomic E-state index is 5.76. The molecule has 0 aromatic carbocycles. The van der Waals surface area contributed by atoms with E-state index in [1.807, 2.05) is 0 Å². The molecule has 0 bridgehead atoms. The standard InChI is InChI=1S/C14H24N4O2/c1-2-18-7-8-19-12(10-18)14-16-13(20-17-14)9-11-3-5-15-6-4-11/h11-12,15H,2-10H2,1H3. The van der Waals surface area contributed by atoms with E-state index < -0.39 is 0 Å². The summed E-state index contributed by atoms with van der Waals surface area (Å²) in [7, 11) is 0. The first-order valence-electron chi connectivity index (χ1n) is 7.72. The van der Waals surface area contributed by atoms with E-state index in [-0.39, 0.29) is 6.10 Å². The molecule has 2 aliphatic rings. The average Bonchev–Trinajstić information content (AvgIpc) is 2.97. The molecule has 0 amide bonds. The summed E-state index contributed by atoms with van der Waals surface area (Å²) in [5, 5.41) is 7.50. The van der Waals surface area contributed by atoms with E-state index in [0.29, 0.717) is 11.7 Å². The third-order valence-electron chi connectivity index (χ3n) is 4.29. The van der Waals surface area contributed by atoms with Crippen molar-refractivity contribution in [3.63, 3.8) is 0 Å². The molecule has 1 aromatic heterocycles. The minimum atomic E-state index is -0.0331. The van der Waals surface area contributed by atoms with Crippen LogP contribution < -0.4 is 5.32 Å². The first-order chi connectivity index (χ1) is 9.85. The monoisotopic (exact) mass is 280 g/mol. The molecule has 1 unspecified atom stereocenters. The fraction of sp³-hybridized carbons (Fsp3) is 0.857. The van der Waals surface area contributed by atoms with Crippen LogP contribution in [0.15, 0.2) is 4.52 Å². The van der Waals surface area contributed by atoms with Gasteiger partial charge in [0.05, 0.1) is 6.61 Å². The van der Waals surface area contributed by atoms with Crippen LogP contribution in [0.3, 0.4) is 0 Å². The number of likely N-dealkylation sites (N-methyl/N-ethyl adjacent to an activating group) is 1. The summed E-state index contributed by atoms with van der Waals surface area (Å²) in [6, 6.07) is 0. The predicted octanol–water partition coefficient (Wildman–Crippen LogP) is 1.00. The summed E-state index contributed by atoms with van der Waals surface area (Å²) >= 11 is 0. The van der Waals surface area contributed by atoms with Gasteiger partial charge < -0.3 is 14.6 Å². The summed E-state index contributed by atoms with van der Waals surface area (Å²) in [5.74, 6) is 2.15. The van der Waals surface area contributed by atoms with Crippen LogP contribution in [0.5, 0.6) is 0 Å². The molecule has 2 fully saturated rings. The Labute approximate surface area is 119 Å². The third-order valence-corrected chi connectivity index (χ3v) is 4.29. The normalized spacial score (nSPS) is 25.9. The molecule has 2 aliphatic heterocycles. The molecule has 0 saturated carbocycles. The van der Waals surface area contributed by atoms with Crippen molar-refractivity contribution in [3.8, 4) is 0 Å². The summed E-state index contributed by atoms with van der Waals surface area (Å²) in [4.78, 5) is 6.91. The Bertz CT molecular complexity index is 417. The van der Waals surface area contributed by atoms with Gasteiger partial charge in [0.15, 0.2) is 0 Å². The summed E-state index contributed by atoms with van der Waals surface area (Å²) in [5.41, 5.74) is 0. The minimum absolute atomic E-state index is 0.0331. The molecular formula is C14H24N4O2. The van der Waals surface area contributed by atoms with Crippen molar-refractivity contribution in [1.29, 1.82) is 0 Å².